The van der Waals surface area contributed by atoms with Crippen molar-refractivity contribution in [1.29, 1.82) is 0 Å². The van der Waals surface area contributed by atoms with Crippen molar-refractivity contribution in [2.45, 2.75) is 26.7 Å². The fourth-order valence-electron chi connectivity index (χ4n) is 0.134. The van der Waals surface area contributed by atoms with Gasteiger partial charge in [0, 0.05) is 11.9 Å². The van der Waals surface area contributed by atoms with Gasteiger partial charge in [0.15, 0.2) is 0 Å². The van der Waals surface area contributed by atoms with Crippen molar-refractivity contribution >= 4 is 15.9 Å². The van der Waals surface area contributed by atoms with E-state index in [0.717, 1.165) is 5.33 Å². The Morgan fingerprint density at radius 3 is 1.75 bits per heavy atom. The number of aliphatic hydroxyl groups is 1. The minimum atomic E-state index is 0.250. The van der Waals surface area contributed by atoms with Crippen molar-refractivity contribution in [3.05, 3.63) is 0 Å². The highest BCUT2D eigenvalue weighted by Crippen LogP contribution is 1.89. The van der Waals surface area contributed by atoms with Gasteiger partial charge in [0.2, 0.25) is 0 Å². The van der Waals surface area contributed by atoms with Crippen molar-refractivity contribution in [3.8, 4) is 0 Å². The first-order valence-electron chi connectivity index (χ1n) is 3.00. The molecule has 0 heterocycles. The minimum absolute atomic E-state index is 0.250. The van der Waals surface area contributed by atoms with Crippen LogP contribution in [0.15, 0.2) is 0 Å². The molecule has 0 spiro atoms. The lowest BCUT2D eigenvalue weighted by Gasteiger charge is -1.77. The van der Waals surface area contributed by atoms with E-state index in [4.69, 9.17) is 5.11 Å². The van der Waals surface area contributed by atoms with Gasteiger partial charge in [0.25, 0.3) is 0 Å². The molecule has 1 N–H and O–H groups in total. The van der Waals surface area contributed by atoms with Crippen molar-refractivity contribution < 1.29 is 5.11 Å². The maximum absolute atomic E-state index is 7.57. The molecule has 52 valence electrons. The normalized spacial score (nSPS) is 7.50. The fourth-order valence-corrected chi connectivity index (χ4v) is 0.694. The molecule has 0 unspecified atom stereocenters. The zero-order valence-corrected chi connectivity index (χ0v) is 7.24. The third-order valence-corrected chi connectivity index (χ3v) is 1.05. The molecule has 0 aromatic rings. The molecule has 0 amide bonds. The summed E-state index contributed by atoms with van der Waals surface area (Å²) in [7, 11) is 0. The molecule has 0 bridgehead atoms. The summed E-state index contributed by atoms with van der Waals surface area (Å²) in [5, 5.41) is 8.73. The Hall–Kier alpha value is 0.440. The van der Waals surface area contributed by atoms with Gasteiger partial charge in [0.1, 0.15) is 0 Å². The summed E-state index contributed by atoms with van der Waals surface area (Å²) in [4.78, 5) is 0. The quantitative estimate of drug-likeness (QED) is 0.650. The summed E-state index contributed by atoms with van der Waals surface area (Å²) < 4.78 is 0. The fraction of sp³-hybridized carbons (Fsp3) is 1.00. The van der Waals surface area contributed by atoms with Crippen LogP contribution in [0.2, 0.25) is 0 Å². The summed E-state index contributed by atoms with van der Waals surface area (Å²) in [5.74, 6) is 0. The molecule has 0 radical (unpaired) electrons. The SMILES string of the molecule is CCCCBr.CCO. The summed E-state index contributed by atoms with van der Waals surface area (Å²) in [6.45, 7) is 4.11. The number of unbranched alkanes of at least 4 members (excludes halogenated alkanes) is 1. The Morgan fingerprint density at radius 2 is 1.75 bits per heavy atom. The van der Waals surface area contributed by atoms with E-state index in [1.807, 2.05) is 0 Å². The van der Waals surface area contributed by atoms with E-state index < -0.39 is 0 Å². The number of hydrogen-bond acceptors (Lipinski definition) is 1. The second-order valence-corrected chi connectivity index (χ2v) is 2.15. The first-order chi connectivity index (χ1) is 3.83. The molecular weight excluding hydrogens is 168 g/mol. The topological polar surface area (TPSA) is 20.2 Å². The molecular formula is C6H15BrO. The highest BCUT2D eigenvalue weighted by molar-refractivity contribution is 9.09. The molecule has 0 saturated heterocycles. The van der Waals surface area contributed by atoms with Crippen LogP contribution in [-0.4, -0.2) is 17.0 Å². The second kappa shape index (κ2) is 15.7. The van der Waals surface area contributed by atoms with Gasteiger partial charge in [-0.1, -0.05) is 29.3 Å². The zero-order chi connectivity index (χ0) is 6.83. The Kier molecular flexibility index (Phi) is 22.0. The minimum Gasteiger partial charge on any atom is -0.397 e. The average Bonchev–Trinajstić information content (AvgIpc) is 1.71. The summed E-state index contributed by atoms with van der Waals surface area (Å²) >= 11 is 3.31. The number of halogens is 1. The van der Waals surface area contributed by atoms with Crippen LogP contribution < -0.4 is 0 Å². The predicted molar refractivity (Wildman–Crippen MR) is 41.5 cm³/mol. The third-order valence-electron chi connectivity index (χ3n) is 0.487. The van der Waals surface area contributed by atoms with Crippen LogP contribution in [0.25, 0.3) is 0 Å². The smallest absolute Gasteiger partial charge is 0.0402 e. The summed E-state index contributed by atoms with van der Waals surface area (Å²) in [6.07, 6.45) is 2.60. The lowest BCUT2D eigenvalue weighted by Crippen LogP contribution is -1.64. The first-order valence-corrected chi connectivity index (χ1v) is 4.12. The second-order valence-electron chi connectivity index (χ2n) is 1.36. The molecule has 0 aromatic heterocycles. The van der Waals surface area contributed by atoms with Crippen molar-refractivity contribution in [1.82, 2.24) is 0 Å². The van der Waals surface area contributed by atoms with E-state index in [1.54, 1.807) is 6.92 Å². The van der Waals surface area contributed by atoms with E-state index in [1.165, 1.54) is 12.8 Å². The van der Waals surface area contributed by atoms with Gasteiger partial charge in [-0.2, -0.15) is 0 Å². The van der Waals surface area contributed by atoms with Gasteiger partial charge in [-0.25, -0.2) is 0 Å². The molecule has 8 heavy (non-hydrogen) atoms. The molecule has 0 aliphatic carbocycles. The monoisotopic (exact) mass is 182 g/mol. The van der Waals surface area contributed by atoms with Crippen molar-refractivity contribution in [2.24, 2.45) is 0 Å². The Balaban J connectivity index is 0. The van der Waals surface area contributed by atoms with E-state index in [2.05, 4.69) is 22.9 Å². The molecule has 2 heteroatoms. The average molecular weight is 183 g/mol. The van der Waals surface area contributed by atoms with Crippen LogP contribution in [0.1, 0.15) is 26.7 Å². The number of hydrogen-bond donors (Lipinski definition) is 1. The zero-order valence-electron chi connectivity index (χ0n) is 5.65. The van der Waals surface area contributed by atoms with Crippen LogP contribution >= 0.6 is 15.9 Å². The summed E-state index contributed by atoms with van der Waals surface area (Å²) in [5.41, 5.74) is 0. The molecule has 0 fully saturated rings. The van der Waals surface area contributed by atoms with Gasteiger partial charge >= 0.3 is 0 Å². The van der Waals surface area contributed by atoms with Gasteiger partial charge in [-0.15, -0.1) is 0 Å². The molecule has 0 aliphatic heterocycles. The Morgan fingerprint density at radius 1 is 1.38 bits per heavy atom. The van der Waals surface area contributed by atoms with Crippen molar-refractivity contribution in [3.63, 3.8) is 0 Å². The lowest BCUT2D eigenvalue weighted by molar-refractivity contribution is 0.318. The molecule has 0 saturated carbocycles. The number of rotatable bonds is 2. The van der Waals surface area contributed by atoms with Crippen LogP contribution in [0, 0.1) is 0 Å². The van der Waals surface area contributed by atoms with Gasteiger partial charge < -0.3 is 5.11 Å². The maximum Gasteiger partial charge on any atom is 0.0402 e. The van der Waals surface area contributed by atoms with Gasteiger partial charge in [-0.05, 0) is 13.3 Å². The number of alkyl halides is 1. The highest BCUT2D eigenvalue weighted by atomic mass is 79.9. The number of aliphatic hydroxyl groups excluding tert-OH is 1. The Bertz CT molecular complexity index is 22.5. The van der Waals surface area contributed by atoms with E-state index >= 15 is 0 Å². The molecule has 0 aliphatic rings. The molecule has 0 aromatic carbocycles. The molecule has 0 atom stereocenters. The third kappa shape index (κ3) is 32.0. The van der Waals surface area contributed by atoms with Gasteiger partial charge in [0.05, 0.1) is 0 Å². The molecule has 0 rings (SSSR count). The van der Waals surface area contributed by atoms with Crippen molar-refractivity contribution in [2.75, 3.05) is 11.9 Å². The maximum atomic E-state index is 7.57. The van der Waals surface area contributed by atoms with Gasteiger partial charge in [-0.3, -0.25) is 0 Å². The predicted octanol–water partition coefficient (Wildman–Crippen LogP) is 2.18. The van der Waals surface area contributed by atoms with Crippen LogP contribution in [0.4, 0.5) is 0 Å². The van der Waals surface area contributed by atoms with Crippen LogP contribution in [0.3, 0.4) is 0 Å². The van der Waals surface area contributed by atoms with E-state index in [-0.39, 0.29) is 6.61 Å². The first kappa shape index (κ1) is 11.3. The van der Waals surface area contributed by atoms with Crippen LogP contribution in [0.5, 0.6) is 0 Å². The van der Waals surface area contributed by atoms with E-state index in [0.29, 0.717) is 0 Å². The van der Waals surface area contributed by atoms with Crippen LogP contribution in [-0.2, 0) is 0 Å². The standard InChI is InChI=1S/C4H9Br.C2H6O/c1-2-3-4-5;1-2-3/h2-4H2,1H3;3H,2H2,1H3. The lowest BCUT2D eigenvalue weighted by atomic mass is 10.4. The Labute approximate surface area is 60.2 Å². The molecule has 1 nitrogen and oxygen atoms in total. The summed E-state index contributed by atoms with van der Waals surface area (Å²) in [6, 6.07) is 0. The largest absolute Gasteiger partial charge is 0.397 e. The highest BCUT2D eigenvalue weighted by Gasteiger charge is 1.69. The van der Waals surface area contributed by atoms with E-state index in [9.17, 15) is 0 Å².